The summed E-state index contributed by atoms with van der Waals surface area (Å²) in [6, 6.07) is 3.11. The fourth-order valence-electron chi connectivity index (χ4n) is 3.95. The molecule has 0 bridgehead atoms. The minimum absolute atomic E-state index is 0.0864. The molecular weight excluding hydrogens is 376 g/mol. The summed E-state index contributed by atoms with van der Waals surface area (Å²) >= 11 is 0. The van der Waals surface area contributed by atoms with Crippen LogP contribution in [-0.4, -0.2) is 47.8 Å². The maximum atomic E-state index is 13.0. The Morgan fingerprint density at radius 2 is 1.93 bits per heavy atom. The lowest BCUT2D eigenvalue weighted by atomic mass is 9.89. The van der Waals surface area contributed by atoms with Crippen molar-refractivity contribution in [2.75, 3.05) is 20.8 Å². The smallest absolute Gasteiger partial charge is 0.305 e. The lowest BCUT2D eigenvalue weighted by Crippen LogP contribution is -2.41. The van der Waals surface area contributed by atoms with Crippen LogP contribution in [0.4, 0.5) is 0 Å². The van der Waals surface area contributed by atoms with Crippen LogP contribution in [0.3, 0.4) is 0 Å². The molecule has 29 heavy (non-hydrogen) atoms. The molecule has 0 aliphatic carbocycles. The molecule has 1 aromatic heterocycles. The van der Waals surface area contributed by atoms with E-state index in [0.717, 1.165) is 22.4 Å². The van der Waals surface area contributed by atoms with Gasteiger partial charge < -0.3 is 24.0 Å². The van der Waals surface area contributed by atoms with Gasteiger partial charge >= 0.3 is 5.97 Å². The highest BCUT2D eigenvalue weighted by Crippen LogP contribution is 2.39. The molecule has 8 nitrogen and oxygen atoms in total. The molecule has 1 aliphatic heterocycles. The first kappa shape index (κ1) is 20.7. The Kier molecular flexibility index (Phi) is 6.10. The predicted octanol–water partition coefficient (Wildman–Crippen LogP) is 2.84. The van der Waals surface area contributed by atoms with Gasteiger partial charge in [0.2, 0.25) is 5.91 Å². The van der Waals surface area contributed by atoms with E-state index in [1.165, 1.54) is 7.11 Å². The van der Waals surface area contributed by atoms with Crippen molar-refractivity contribution in [3.05, 3.63) is 40.3 Å². The third-order valence-electron chi connectivity index (χ3n) is 5.46. The van der Waals surface area contributed by atoms with Gasteiger partial charge in [-0.2, -0.15) is 0 Å². The number of amides is 1. The number of hydrogen-bond acceptors (Lipinski definition) is 6. The quantitative estimate of drug-likeness (QED) is 0.760. The molecule has 156 valence electrons. The SMILES string of the molecule is COc1cc2c(cc1OC)[C@@H](CC(=O)O)N(C(=O)CCc1c(C)noc1C)CC2. The van der Waals surface area contributed by atoms with E-state index in [1.807, 2.05) is 19.9 Å². The van der Waals surface area contributed by atoms with Gasteiger partial charge in [-0.05, 0) is 49.9 Å². The lowest BCUT2D eigenvalue weighted by molar-refractivity contribution is -0.141. The minimum Gasteiger partial charge on any atom is -0.493 e. The molecule has 0 fully saturated rings. The molecule has 1 amide bonds. The van der Waals surface area contributed by atoms with Gasteiger partial charge in [0, 0.05) is 18.5 Å². The first-order valence-electron chi connectivity index (χ1n) is 9.53. The zero-order valence-corrected chi connectivity index (χ0v) is 17.2. The van der Waals surface area contributed by atoms with Gasteiger partial charge in [0.15, 0.2) is 11.5 Å². The number of nitrogens with zero attached hydrogens (tertiary/aromatic N) is 2. The summed E-state index contributed by atoms with van der Waals surface area (Å²) in [4.78, 5) is 26.2. The molecule has 1 atom stereocenters. The van der Waals surface area contributed by atoms with E-state index in [-0.39, 0.29) is 18.7 Å². The van der Waals surface area contributed by atoms with Gasteiger partial charge in [-0.15, -0.1) is 0 Å². The van der Waals surface area contributed by atoms with E-state index >= 15 is 0 Å². The van der Waals surface area contributed by atoms with E-state index in [0.29, 0.717) is 36.6 Å². The van der Waals surface area contributed by atoms with E-state index < -0.39 is 12.0 Å². The second-order valence-electron chi connectivity index (χ2n) is 7.16. The number of ether oxygens (including phenoxy) is 2. The number of aliphatic carboxylic acids is 1. The van der Waals surface area contributed by atoms with Crippen molar-refractivity contribution in [3.8, 4) is 11.5 Å². The second-order valence-corrected chi connectivity index (χ2v) is 7.16. The van der Waals surface area contributed by atoms with E-state index in [9.17, 15) is 14.7 Å². The zero-order valence-electron chi connectivity index (χ0n) is 17.2. The number of rotatable bonds is 7. The van der Waals surface area contributed by atoms with Gasteiger partial charge in [0.25, 0.3) is 0 Å². The Balaban J connectivity index is 1.87. The Labute approximate surface area is 169 Å². The number of carboxylic acid groups (broad SMARTS) is 1. The summed E-state index contributed by atoms with van der Waals surface area (Å²) in [5, 5.41) is 13.4. The first-order chi connectivity index (χ1) is 13.8. The number of benzene rings is 1. The van der Waals surface area contributed by atoms with Crippen LogP contribution in [-0.2, 0) is 22.4 Å². The molecular formula is C21H26N2O6. The van der Waals surface area contributed by atoms with Crippen molar-refractivity contribution in [2.45, 2.75) is 45.6 Å². The molecule has 3 rings (SSSR count). The fourth-order valence-corrected chi connectivity index (χ4v) is 3.95. The van der Waals surface area contributed by atoms with E-state index in [1.54, 1.807) is 18.1 Å². The molecule has 1 aliphatic rings. The number of carbonyl (C=O) groups is 2. The number of methoxy groups -OCH3 is 2. The normalized spacial score (nSPS) is 15.7. The highest BCUT2D eigenvalue weighted by molar-refractivity contribution is 5.79. The lowest BCUT2D eigenvalue weighted by Gasteiger charge is -2.37. The second kappa shape index (κ2) is 8.55. The maximum Gasteiger partial charge on any atom is 0.305 e. The largest absolute Gasteiger partial charge is 0.493 e. The molecule has 0 radical (unpaired) electrons. The van der Waals surface area contributed by atoms with Gasteiger partial charge in [-0.1, -0.05) is 5.16 Å². The van der Waals surface area contributed by atoms with Crippen molar-refractivity contribution in [2.24, 2.45) is 0 Å². The van der Waals surface area contributed by atoms with Crippen LogP contribution in [0.1, 0.15) is 47.0 Å². The highest BCUT2D eigenvalue weighted by atomic mass is 16.5. The number of fused-ring (bicyclic) bond motifs is 1. The molecule has 1 aromatic carbocycles. The van der Waals surface area contributed by atoms with Gasteiger partial charge in [-0.3, -0.25) is 9.59 Å². The van der Waals surface area contributed by atoms with E-state index in [2.05, 4.69) is 5.16 Å². The minimum atomic E-state index is -0.957. The number of carbonyl (C=O) groups excluding carboxylic acids is 1. The topological polar surface area (TPSA) is 102 Å². The summed E-state index contributed by atoms with van der Waals surface area (Å²) < 4.78 is 15.9. The molecule has 2 aromatic rings. The van der Waals surface area contributed by atoms with Gasteiger partial charge in [-0.25, -0.2) is 0 Å². The number of aryl methyl sites for hydroxylation is 2. The number of carboxylic acids is 1. The van der Waals surface area contributed by atoms with Crippen LogP contribution in [0.15, 0.2) is 16.7 Å². The number of hydrogen-bond donors (Lipinski definition) is 1. The van der Waals surface area contributed by atoms with Crippen LogP contribution in [0.5, 0.6) is 11.5 Å². The third kappa shape index (κ3) is 4.21. The van der Waals surface area contributed by atoms with Crippen molar-refractivity contribution in [1.29, 1.82) is 0 Å². The van der Waals surface area contributed by atoms with Crippen molar-refractivity contribution >= 4 is 11.9 Å². The summed E-state index contributed by atoms with van der Waals surface area (Å²) in [6.07, 6.45) is 1.24. The van der Waals surface area contributed by atoms with Crippen LogP contribution in [0.25, 0.3) is 0 Å². The Morgan fingerprint density at radius 3 is 2.52 bits per heavy atom. The third-order valence-corrected chi connectivity index (χ3v) is 5.46. The molecule has 0 spiro atoms. The van der Waals surface area contributed by atoms with Crippen LogP contribution >= 0.6 is 0 Å². The van der Waals surface area contributed by atoms with Crippen molar-refractivity contribution < 1.29 is 28.7 Å². The van der Waals surface area contributed by atoms with Gasteiger partial charge in [0.05, 0.1) is 32.4 Å². The Morgan fingerprint density at radius 1 is 1.24 bits per heavy atom. The monoisotopic (exact) mass is 402 g/mol. The Bertz CT molecular complexity index is 901. The average molecular weight is 402 g/mol. The first-order valence-corrected chi connectivity index (χ1v) is 9.53. The van der Waals surface area contributed by atoms with Gasteiger partial charge in [0.1, 0.15) is 5.76 Å². The molecule has 2 heterocycles. The predicted molar refractivity (Wildman–Crippen MR) is 104 cm³/mol. The molecule has 8 heteroatoms. The summed E-state index contributed by atoms with van der Waals surface area (Å²) in [7, 11) is 3.10. The average Bonchev–Trinajstić information content (AvgIpc) is 3.02. The van der Waals surface area contributed by atoms with Crippen LogP contribution in [0, 0.1) is 13.8 Å². The van der Waals surface area contributed by atoms with E-state index in [4.69, 9.17) is 14.0 Å². The highest BCUT2D eigenvalue weighted by Gasteiger charge is 2.33. The summed E-state index contributed by atoms with van der Waals surface area (Å²) in [6.45, 7) is 4.13. The fraction of sp³-hybridized carbons (Fsp3) is 0.476. The summed E-state index contributed by atoms with van der Waals surface area (Å²) in [5.41, 5.74) is 3.47. The van der Waals surface area contributed by atoms with Crippen molar-refractivity contribution in [3.63, 3.8) is 0 Å². The summed E-state index contributed by atoms with van der Waals surface area (Å²) in [5.74, 6) is 0.779. The standard InChI is InChI=1S/C21H26N2O6/c1-12-15(13(2)29-22-12)5-6-20(24)23-8-7-14-9-18(27-3)19(28-4)10-16(14)17(23)11-21(25)26/h9-10,17H,5-8,11H2,1-4H3,(H,25,26)/t17-/m1/s1. The maximum absolute atomic E-state index is 13.0. The van der Waals surface area contributed by atoms with Crippen LogP contribution < -0.4 is 9.47 Å². The van der Waals surface area contributed by atoms with Crippen molar-refractivity contribution in [1.82, 2.24) is 10.1 Å². The molecule has 1 N–H and O–H groups in total. The zero-order chi connectivity index (χ0) is 21.1. The molecule has 0 saturated heterocycles. The Hall–Kier alpha value is -3.03. The molecule has 0 saturated carbocycles. The number of aromatic nitrogens is 1. The molecule has 0 unspecified atom stereocenters. The van der Waals surface area contributed by atoms with Crippen LogP contribution in [0.2, 0.25) is 0 Å².